The van der Waals surface area contributed by atoms with E-state index in [4.69, 9.17) is 9.84 Å². The van der Waals surface area contributed by atoms with Gasteiger partial charge in [-0.2, -0.15) is 0 Å². The fourth-order valence-electron chi connectivity index (χ4n) is 1.27. The van der Waals surface area contributed by atoms with E-state index in [0.29, 0.717) is 6.23 Å². The summed E-state index contributed by atoms with van der Waals surface area (Å²) in [4.78, 5) is 0. The molecule has 0 fully saturated rings. The zero-order valence-corrected chi connectivity index (χ0v) is 9.16. The molecule has 0 bridgehead atoms. The van der Waals surface area contributed by atoms with Crippen LogP contribution in [0, 0.1) is 0 Å². The molecule has 13 heavy (non-hydrogen) atoms. The first-order chi connectivity index (χ1) is 6.17. The highest BCUT2D eigenvalue weighted by Gasteiger charge is 2.23. The van der Waals surface area contributed by atoms with E-state index in [1.165, 1.54) is 5.19 Å². The largest absolute Gasteiger partial charge is 0.371 e. The number of ether oxygens (including phenoxy) is 1. The lowest BCUT2D eigenvalue weighted by Gasteiger charge is -2.21. The van der Waals surface area contributed by atoms with Crippen molar-refractivity contribution in [2.24, 2.45) is 0 Å². The molecule has 72 valence electrons. The lowest BCUT2D eigenvalue weighted by Crippen LogP contribution is -2.46. The molecule has 0 heterocycles. The van der Waals surface area contributed by atoms with Crippen LogP contribution >= 0.6 is 0 Å². The van der Waals surface area contributed by atoms with Gasteiger partial charge < -0.3 is 9.84 Å². The van der Waals surface area contributed by atoms with Gasteiger partial charge in [-0.3, -0.25) is 0 Å². The third-order valence-electron chi connectivity index (χ3n) is 2.11. The molecule has 0 aliphatic carbocycles. The fourth-order valence-corrected chi connectivity index (χ4v) is 3.14. The minimum atomic E-state index is -1.48. The lowest BCUT2D eigenvalue weighted by atomic mass is 10.4. The molecule has 1 N–H and O–H groups in total. The Labute approximate surface area is 80.2 Å². The maximum atomic E-state index is 8.58. The summed E-state index contributed by atoms with van der Waals surface area (Å²) in [5.74, 6) is 0. The van der Waals surface area contributed by atoms with E-state index in [1.807, 2.05) is 18.2 Å². The molecule has 2 nitrogen and oxygen atoms in total. The third-order valence-corrected chi connectivity index (χ3v) is 4.93. The molecule has 1 rings (SSSR count). The van der Waals surface area contributed by atoms with Crippen molar-refractivity contribution >= 4 is 13.3 Å². The third kappa shape index (κ3) is 2.95. The van der Waals surface area contributed by atoms with Crippen molar-refractivity contribution in [1.29, 1.82) is 0 Å². The molecule has 0 aliphatic heterocycles. The van der Waals surface area contributed by atoms with Crippen LogP contribution in [0.5, 0.6) is 0 Å². The second-order valence-corrected chi connectivity index (χ2v) is 8.36. The average molecular weight is 196 g/mol. The Balaban J connectivity index is 2.69. The van der Waals surface area contributed by atoms with Crippen molar-refractivity contribution in [3.8, 4) is 0 Å². The molecule has 3 heteroatoms. The number of hydrogen-bond donors (Lipinski definition) is 1. The Morgan fingerprint density at radius 3 is 2.38 bits per heavy atom. The van der Waals surface area contributed by atoms with E-state index in [-0.39, 0.29) is 6.79 Å². The lowest BCUT2D eigenvalue weighted by molar-refractivity contribution is 0.0192. The van der Waals surface area contributed by atoms with E-state index in [2.05, 4.69) is 25.2 Å². The summed E-state index contributed by atoms with van der Waals surface area (Å²) < 4.78 is 5.07. The molecule has 0 amide bonds. The number of aliphatic hydroxyl groups excluding tert-OH is 1. The fraction of sp³-hybridized carbons (Fsp3) is 0.400. The number of rotatable bonds is 4. The molecule has 0 atom stereocenters. The normalized spacial score (nSPS) is 11.6. The Bertz CT molecular complexity index is 246. The van der Waals surface area contributed by atoms with Crippen molar-refractivity contribution in [3.63, 3.8) is 0 Å². The maximum absolute atomic E-state index is 8.58. The van der Waals surface area contributed by atoms with Gasteiger partial charge in [-0.1, -0.05) is 48.6 Å². The second-order valence-electron chi connectivity index (χ2n) is 3.73. The maximum Gasteiger partial charge on any atom is 0.143 e. The summed E-state index contributed by atoms with van der Waals surface area (Å²) in [6, 6.07) is 10.4. The molecule has 0 aromatic heterocycles. The summed E-state index contributed by atoms with van der Waals surface area (Å²) in [7, 11) is -1.48. The van der Waals surface area contributed by atoms with Crippen LogP contribution in [-0.2, 0) is 4.74 Å². The second kappa shape index (κ2) is 4.55. The highest BCUT2D eigenvalue weighted by atomic mass is 28.3. The Morgan fingerprint density at radius 1 is 1.23 bits per heavy atom. The van der Waals surface area contributed by atoms with Crippen molar-refractivity contribution < 1.29 is 9.84 Å². The molecule has 0 radical (unpaired) electrons. The molecule has 1 aromatic carbocycles. The van der Waals surface area contributed by atoms with Crippen LogP contribution < -0.4 is 5.19 Å². The molecule has 0 aliphatic rings. The average Bonchev–Trinajstić information content (AvgIpc) is 2.16. The van der Waals surface area contributed by atoms with Crippen LogP contribution in [0.3, 0.4) is 0 Å². The summed E-state index contributed by atoms with van der Waals surface area (Å²) in [5, 5.41) is 9.94. The standard InChI is InChI=1S/C10H16O2Si/c1-13(2,9-12-8-11)10-6-4-3-5-7-10/h3-7,11H,8-9H2,1-2H3. The summed E-state index contributed by atoms with van der Waals surface area (Å²) in [6.07, 6.45) is 0.674. The van der Waals surface area contributed by atoms with E-state index in [1.54, 1.807) is 0 Å². The van der Waals surface area contributed by atoms with E-state index in [0.717, 1.165) is 0 Å². The van der Waals surface area contributed by atoms with Gasteiger partial charge in [0.05, 0.1) is 0 Å². The first-order valence-corrected chi connectivity index (χ1v) is 7.61. The first-order valence-electron chi connectivity index (χ1n) is 4.41. The zero-order chi connectivity index (χ0) is 9.73. The van der Waals surface area contributed by atoms with E-state index in [9.17, 15) is 0 Å². The zero-order valence-electron chi connectivity index (χ0n) is 8.16. The molecule has 0 unspecified atom stereocenters. The molecular weight excluding hydrogens is 180 g/mol. The number of benzene rings is 1. The predicted molar refractivity (Wildman–Crippen MR) is 56.6 cm³/mol. The first kappa shape index (κ1) is 10.4. The van der Waals surface area contributed by atoms with Gasteiger partial charge in [0.1, 0.15) is 14.9 Å². The van der Waals surface area contributed by atoms with Gasteiger partial charge in [0, 0.05) is 6.23 Å². The van der Waals surface area contributed by atoms with Crippen molar-refractivity contribution in [3.05, 3.63) is 30.3 Å². The topological polar surface area (TPSA) is 29.5 Å². The van der Waals surface area contributed by atoms with Gasteiger partial charge in [0.2, 0.25) is 0 Å². The number of aliphatic hydroxyl groups is 1. The molecule has 0 saturated heterocycles. The minimum Gasteiger partial charge on any atom is -0.371 e. The van der Waals surface area contributed by atoms with Crippen molar-refractivity contribution in [1.82, 2.24) is 0 Å². The Kier molecular flexibility index (Phi) is 3.66. The van der Waals surface area contributed by atoms with Crippen LogP contribution in [0.1, 0.15) is 0 Å². The van der Waals surface area contributed by atoms with E-state index < -0.39 is 8.07 Å². The van der Waals surface area contributed by atoms with Gasteiger partial charge in [-0.05, 0) is 0 Å². The Hall–Kier alpha value is -0.643. The van der Waals surface area contributed by atoms with Crippen molar-refractivity contribution in [2.45, 2.75) is 13.1 Å². The summed E-state index contributed by atoms with van der Waals surface area (Å²) in [6.45, 7) is 4.29. The number of hydrogen-bond acceptors (Lipinski definition) is 2. The molecule has 0 spiro atoms. The van der Waals surface area contributed by atoms with Gasteiger partial charge in [0.25, 0.3) is 0 Å². The Morgan fingerprint density at radius 2 is 1.85 bits per heavy atom. The highest BCUT2D eigenvalue weighted by molar-refractivity contribution is 6.89. The van der Waals surface area contributed by atoms with Gasteiger partial charge in [-0.25, -0.2) is 0 Å². The van der Waals surface area contributed by atoms with Crippen LogP contribution in [0.4, 0.5) is 0 Å². The van der Waals surface area contributed by atoms with Crippen molar-refractivity contribution in [2.75, 3.05) is 13.0 Å². The summed E-state index contributed by atoms with van der Waals surface area (Å²) in [5.41, 5.74) is 0. The molecular formula is C10H16O2Si. The smallest absolute Gasteiger partial charge is 0.143 e. The monoisotopic (exact) mass is 196 g/mol. The van der Waals surface area contributed by atoms with Gasteiger partial charge in [0.15, 0.2) is 0 Å². The molecule has 1 aromatic rings. The van der Waals surface area contributed by atoms with Crippen LogP contribution in [0.15, 0.2) is 30.3 Å². The van der Waals surface area contributed by atoms with Gasteiger partial charge >= 0.3 is 0 Å². The van der Waals surface area contributed by atoms with E-state index >= 15 is 0 Å². The SMILES string of the molecule is C[Si](C)(COCO)c1ccccc1. The summed E-state index contributed by atoms with van der Waals surface area (Å²) >= 11 is 0. The minimum absolute atomic E-state index is 0.177. The quantitative estimate of drug-likeness (QED) is 0.577. The molecule has 0 saturated carbocycles. The van der Waals surface area contributed by atoms with Gasteiger partial charge in [-0.15, -0.1) is 0 Å². The van der Waals surface area contributed by atoms with Crippen LogP contribution in [0.2, 0.25) is 13.1 Å². The van der Waals surface area contributed by atoms with Crippen LogP contribution in [0.25, 0.3) is 0 Å². The van der Waals surface area contributed by atoms with Crippen LogP contribution in [-0.4, -0.2) is 26.2 Å². The highest BCUT2D eigenvalue weighted by Crippen LogP contribution is 2.03. The predicted octanol–water partition coefficient (Wildman–Crippen LogP) is 1.11.